The number of carboxylic acid groups (broad SMARTS) is 1. The molecule has 1 atom stereocenters. The predicted octanol–water partition coefficient (Wildman–Crippen LogP) is 3.38. The molecular weight excluding hydrogens is 354 g/mol. The van der Waals surface area contributed by atoms with E-state index in [0.29, 0.717) is 19.0 Å². The quantitative estimate of drug-likeness (QED) is 0.785. The number of urea groups is 1. The van der Waals surface area contributed by atoms with Gasteiger partial charge in [-0.05, 0) is 54.8 Å². The number of aliphatic carboxylic acids is 1. The molecule has 1 aromatic carbocycles. The Bertz CT molecular complexity index is 711. The van der Waals surface area contributed by atoms with Crippen molar-refractivity contribution in [1.29, 1.82) is 0 Å². The first-order valence-electron chi connectivity index (χ1n) is 10.5. The summed E-state index contributed by atoms with van der Waals surface area (Å²) in [6, 6.07) is 7.02. The summed E-state index contributed by atoms with van der Waals surface area (Å²) in [6.45, 7) is 8.53. The number of hydrogen-bond acceptors (Lipinski definition) is 3. The van der Waals surface area contributed by atoms with Crippen LogP contribution in [0.5, 0.6) is 0 Å². The molecule has 2 amide bonds. The number of nitrogens with zero attached hydrogens (tertiary/aromatic N) is 2. The fourth-order valence-corrected chi connectivity index (χ4v) is 4.48. The number of carboxylic acids is 1. The van der Waals surface area contributed by atoms with Crippen LogP contribution in [0.15, 0.2) is 18.2 Å². The van der Waals surface area contributed by atoms with Crippen molar-refractivity contribution in [1.82, 2.24) is 15.1 Å². The standard InChI is InChI=1S/C22H33N3O3/c1-4-24(14-21(26)27)18-9-11-25(12-10-18)22(28)23-20-8-7-16-5-6-17(15(2)3)13-19(16)20/h5-6,13,15,18,20H,4,7-12,14H2,1-3H3,(H,23,28)(H,26,27). The molecule has 0 bridgehead atoms. The molecule has 2 aliphatic rings. The molecule has 1 aromatic rings. The van der Waals surface area contributed by atoms with E-state index in [4.69, 9.17) is 5.11 Å². The highest BCUT2D eigenvalue weighted by molar-refractivity contribution is 5.75. The second-order valence-corrected chi connectivity index (χ2v) is 8.33. The van der Waals surface area contributed by atoms with Crippen molar-refractivity contribution in [2.75, 3.05) is 26.2 Å². The first kappa shape index (κ1) is 20.6. The lowest BCUT2D eigenvalue weighted by molar-refractivity contribution is -0.139. The number of rotatable bonds is 6. The minimum Gasteiger partial charge on any atom is -0.480 e. The van der Waals surface area contributed by atoms with Crippen LogP contribution in [0, 0.1) is 0 Å². The Hall–Kier alpha value is -2.08. The Kier molecular flexibility index (Phi) is 6.60. The van der Waals surface area contributed by atoms with Gasteiger partial charge < -0.3 is 15.3 Å². The molecule has 6 nitrogen and oxygen atoms in total. The van der Waals surface area contributed by atoms with E-state index in [0.717, 1.165) is 32.2 Å². The molecule has 6 heteroatoms. The number of likely N-dealkylation sites (tertiary alicyclic amines) is 1. The summed E-state index contributed by atoms with van der Waals surface area (Å²) in [5.41, 5.74) is 3.94. The number of benzene rings is 1. The third-order valence-corrected chi connectivity index (χ3v) is 6.22. The van der Waals surface area contributed by atoms with Crippen LogP contribution in [0.1, 0.15) is 68.7 Å². The third-order valence-electron chi connectivity index (χ3n) is 6.22. The topological polar surface area (TPSA) is 72.9 Å². The smallest absolute Gasteiger partial charge is 0.317 e. The van der Waals surface area contributed by atoms with Crippen LogP contribution in [-0.2, 0) is 11.2 Å². The van der Waals surface area contributed by atoms with E-state index in [1.54, 1.807) is 0 Å². The summed E-state index contributed by atoms with van der Waals surface area (Å²) in [4.78, 5) is 27.7. The molecule has 1 unspecified atom stereocenters. The Morgan fingerprint density at radius 1 is 1.25 bits per heavy atom. The van der Waals surface area contributed by atoms with Gasteiger partial charge in [-0.1, -0.05) is 39.0 Å². The molecule has 1 saturated heterocycles. The zero-order valence-corrected chi connectivity index (χ0v) is 17.3. The summed E-state index contributed by atoms with van der Waals surface area (Å²) >= 11 is 0. The molecule has 2 N–H and O–H groups in total. The molecular formula is C22H33N3O3. The Morgan fingerprint density at radius 2 is 1.96 bits per heavy atom. The third kappa shape index (κ3) is 4.66. The van der Waals surface area contributed by atoms with Gasteiger partial charge >= 0.3 is 12.0 Å². The highest BCUT2D eigenvalue weighted by atomic mass is 16.4. The molecule has 0 aromatic heterocycles. The molecule has 0 saturated carbocycles. The number of carbonyl (C=O) groups is 2. The van der Waals surface area contributed by atoms with Gasteiger partial charge in [0, 0.05) is 19.1 Å². The highest BCUT2D eigenvalue weighted by Gasteiger charge is 2.30. The van der Waals surface area contributed by atoms with Crippen molar-refractivity contribution in [3.8, 4) is 0 Å². The Balaban J connectivity index is 1.56. The fraction of sp³-hybridized carbons (Fsp3) is 0.636. The van der Waals surface area contributed by atoms with Crippen LogP contribution in [0.3, 0.4) is 0 Å². The van der Waals surface area contributed by atoms with Crippen LogP contribution in [0.4, 0.5) is 4.79 Å². The van der Waals surface area contributed by atoms with Crippen molar-refractivity contribution in [2.45, 2.75) is 64.5 Å². The molecule has 154 valence electrons. The van der Waals surface area contributed by atoms with Crippen molar-refractivity contribution in [2.24, 2.45) is 0 Å². The van der Waals surface area contributed by atoms with E-state index in [2.05, 4.69) is 37.4 Å². The molecule has 0 radical (unpaired) electrons. The maximum absolute atomic E-state index is 12.8. The normalized spacial score (nSPS) is 19.9. The number of piperidine rings is 1. The SMILES string of the molecule is CCN(CC(=O)O)C1CCN(C(=O)NC2CCc3ccc(C(C)C)cc32)CC1. The number of likely N-dealkylation sites (N-methyl/N-ethyl adjacent to an activating group) is 1. The summed E-state index contributed by atoms with van der Waals surface area (Å²) in [7, 11) is 0. The van der Waals surface area contributed by atoms with Crippen molar-refractivity contribution >= 4 is 12.0 Å². The lowest BCUT2D eigenvalue weighted by Gasteiger charge is -2.37. The first-order chi connectivity index (χ1) is 13.4. The van der Waals surface area contributed by atoms with Gasteiger partial charge in [-0.25, -0.2) is 4.79 Å². The van der Waals surface area contributed by atoms with Crippen LogP contribution in [-0.4, -0.2) is 59.1 Å². The van der Waals surface area contributed by atoms with Crippen LogP contribution < -0.4 is 5.32 Å². The number of amides is 2. The first-order valence-corrected chi connectivity index (χ1v) is 10.5. The maximum Gasteiger partial charge on any atom is 0.317 e. The molecule has 28 heavy (non-hydrogen) atoms. The summed E-state index contributed by atoms with van der Waals surface area (Å²) < 4.78 is 0. The minimum atomic E-state index is -0.789. The second-order valence-electron chi connectivity index (χ2n) is 8.33. The average molecular weight is 388 g/mol. The molecule has 1 fully saturated rings. The van der Waals surface area contributed by atoms with E-state index >= 15 is 0 Å². The average Bonchev–Trinajstić information content (AvgIpc) is 3.08. The molecule has 1 aliphatic carbocycles. The predicted molar refractivity (Wildman–Crippen MR) is 110 cm³/mol. The van der Waals surface area contributed by atoms with Gasteiger partial charge in [0.25, 0.3) is 0 Å². The maximum atomic E-state index is 12.8. The van der Waals surface area contributed by atoms with Gasteiger partial charge in [0.1, 0.15) is 0 Å². The summed E-state index contributed by atoms with van der Waals surface area (Å²) in [6.07, 6.45) is 3.63. The molecule has 1 heterocycles. The Morgan fingerprint density at radius 3 is 2.57 bits per heavy atom. The van der Waals surface area contributed by atoms with E-state index in [-0.39, 0.29) is 24.7 Å². The Labute approximate surface area is 167 Å². The van der Waals surface area contributed by atoms with Crippen LogP contribution in [0.25, 0.3) is 0 Å². The lowest BCUT2D eigenvalue weighted by atomic mass is 9.97. The number of carbonyl (C=O) groups excluding carboxylic acids is 1. The van der Waals surface area contributed by atoms with Gasteiger partial charge in [-0.2, -0.15) is 0 Å². The number of aryl methyl sites for hydroxylation is 1. The van der Waals surface area contributed by atoms with Crippen molar-refractivity contribution in [3.63, 3.8) is 0 Å². The zero-order chi connectivity index (χ0) is 20.3. The lowest BCUT2D eigenvalue weighted by Crippen LogP contribution is -2.50. The number of hydrogen-bond donors (Lipinski definition) is 2. The van der Waals surface area contributed by atoms with Gasteiger partial charge in [0.2, 0.25) is 0 Å². The van der Waals surface area contributed by atoms with Gasteiger partial charge in [0.15, 0.2) is 0 Å². The molecule has 3 rings (SSSR count). The van der Waals surface area contributed by atoms with Crippen LogP contribution in [0.2, 0.25) is 0 Å². The van der Waals surface area contributed by atoms with E-state index in [1.165, 1.54) is 16.7 Å². The van der Waals surface area contributed by atoms with Gasteiger partial charge in [-0.15, -0.1) is 0 Å². The number of fused-ring (bicyclic) bond motifs is 1. The number of nitrogens with one attached hydrogen (secondary N) is 1. The zero-order valence-electron chi connectivity index (χ0n) is 17.3. The van der Waals surface area contributed by atoms with E-state index < -0.39 is 5.97 Å². The fourth-order valence-electron chi connectivity index (χ4n) is 4.48. The van der Waals surface area contributed by atoms with E-state index in [9.17, 15) is 9.59 Å². The van der Waals surface area contributed by atoms with Crippen LogP contribution >= 0.6 is 0 Å². The monoisotopic (exact) mass is 387 g/mol. The second kappa shape index (κ2) is 8.95. The summed E-state index contributed by atoms with van der Waals surface area (Å²) in [5, 5.41) is 12.3. The minimum absolute atomic E-state index is 0.00698. The highest BCUT2D eigenvalue weighted by Crippen LogP contribution is 2.33. The van der Waals surface area contributed by atoms with Crippen molar-refractivity contribution in [3.05, 3.63) is 34.9 Å². The molecule has 0 spiro atoms. The van der Waals surface area contributed by atoms with E-state index in [1.807, 2.05) is 16.7 Å². The van der Waals surface area contributed by atoms with Gasteiger partial charge in [0.05, 0.1) is 12.6 Å². The van der Waals surface area contributed by atoms with Crippen molar-refractivity contribution < 1.29 is 14.7 Å². The van der Waals surface area contributed by atoms with Gasteiger partial charge in [-0.3, -0.25) is 9.69 Å². The molecule has 1 aliphatic heterocycles. The summed E-state index contributed by atoms with van der Waals surface area (Å²) in [5.74, 6) is -0.309. The largest absolute Gasteiger partial charge is 0.480 e.